The fraction of sp³-hybridized carbons (Fsp3) is 0.462. The molecule has 1 heterocycles. The van der Waals surface area contributed by atoms with Crippen molar-refractivity contribution in [1.82, 2.24) is 5.32 Å². The minimum atomic E-state index is -0.407. The highest BCUT2D eigenvalue weighted by atomic mass is 16.5. The molecule has 0 bridgehead atoms. The summed E-state index contributed by atoms with van der Waals surface area (Å²) in [6.45, 7) is 2.76. The quantitative estimate of drug-likeness (QED) is 0.777. The molecular weight excluding hydrogens is 216 g/mol. The van der Waals surface area contributed by atoms with Gasteiger partial charge in [-0.3, -0.25) is 4.79 Å². The van der Waals surface area contributed by atoms with Crippen molar-refractivity contribution in [1.29, 1.82) is 0 Å². The van der Waals surface area contributed by atoms with Gasteiger partial charge in [0.1, 0.15) is 5.75 Å². The van der Waals surface area contributed by atoms with Crippen LogP contribution in [0.15, 0.2) is 18.2 Å². The van der Waals surface area contributed by atoms with Gasteiger partial charge in [-0.25, -0.2) is 0 Å². The number of rotatable bonds is 4. The number of ether oxygens (including phenoxy) is 1. The Hall–Kier alpha value is -1.55. The molecule has 1 atom stereocenters. The zero-order valence-corrected chi connectivity index (χ0v) is 10.2. The number of aryl methyl sites for hydroxylation is 1. The van der Waals surface area contributed by atoms with Gasteiger partial charge in [0.05, 0.1) is 5.69 Å². The normalized spacial score (nSPS) is 18.2. The van der Waals surface area contributed by atoms with Gasteiger partial charge in [0.15, 0.2) is 6.10 Å². The summed E-state index contributed by atoms with van der Waals surface area (Å²) in [5, 5.41) is 5.95. The summed E-state index contributed by atoms with van der Waals surface area (Å²) < 4.78 is 5.56. The van der Waals surface area contributed by atoms with Crippen LogP contribution in [0.4, 0.5) is 5.69 Å². The van der Waals surface area contributed by atoms with Crippen LogP contribution in [0, 0.1) is 0 Å². The molecule has 1 unspecified atom stereocenters. The van der Waals surface area contributed by atoms with E-state index in [2.05, 4.69) is 10.6 Å². The van der Waals surface area contributed by atoms with Crippen LogP contribution >= 0.6 is 0 Å². The predicted octanol–water partition coefficient (Wildman–Crippen LogP) is 1.56. The molecule has 2 rings (SSSR count). The summed E-state index contributed by atoms with van der Waals surface area (Å²) in [4.78, 5) is 11.4. The Balaban J connectivity index is 2.09. The lowest BCUT2D eigenvalue weighted by atomic mass is 10.1. The molecule has 1 aromatic rings. The van der Waals surface area contributed by atoms with E-state index < -0.39 is 6.10 Å². The van der Waals surface area contributed by atoms with E-state index in [-0.39, 0.29) is 5.91 Å². The molecule has 92 valence electrons. The molecule has 17 heavy (non-hydrogen) atoms. The fourth-order valence-corrected chi connectivity index (χ4v) is 1.87. The molecule has 1 amide bonds. The van der Waals surface area contributed by atoms with E-state index in [4.69, 9.17) is 4.74 Å². The Morgan fingerprint density at radius 2 is 2.29 bits per heavy atom. The summed E-state index contributed by atoms with van der Waals surface area (Å²) in [5.41, 5.74) is 2.01. The van der Waals surface area contributed by atoms with Crippen LogP contribution in [0.25, 0.3) is 0 Å². The number of nitrogens with one attached hydrogen (secondary N) is 2. The Labute approximate surface area is 101 Å². The van der Waals surface area contributed by atoms with Gasteiger partial charge in [-0.1, -0.05) is 6.07 Å². The van der Waals surface area contributed by atoms with E-state index in [1.54, 1.807) is 6.92 Å². The van der Waals surface area contributed by atoms with E-state index in [0.717, 1.165) is 30.8 Å². The number of carbonyl (C=O) groups excluding carboxylic acids is 1. The number of benzene rings is 1. The molecule has 0 spiro atoms. The molecule has 2 N–H and O–H groups in total. The van der Waals surface area contributed by atoms with E-state index in [1.807, 2.05) is 25.2 Å². The number of amides is 1. The SMILES string of the molecule is CNCCCc1ccc2c(c1)OC(C)C(=O)N2. The number of anilines is 1. The smallest absolute Gasteiger partial charge is 0.265 e. The lowest BCUT2D eigenvalue weighted by Crippen LogP contribution is -2.34. The third-order valence-electron chi connectivity index (χ3n) is 2.87. The fourth-order valence-electron chi connectivity index (χ4n) is 1.87. The van der Waals surface area contributed by atoms with Crippen LogP contribution in [-0.4, -0.2) is 25.6 Å². The maximum absolute atomic E-state index is 11.4. The number of hydrogen-bond donors (Lipinski definition) is 2. The first-order valence-corrected chi connectivity index (χ1v) is 5.96. The van der Waals surface area contributed by atoms with Gasteiger partial charge in [-0.2, -0.15) is 0 Å². The highest BCUT2D eigenvalue weighted by molar-refractivity contribution is 5.97. The lowest BCUT2D eigenvalue weighted by molar-refractivity contribution is -0.122. The maximum atomic E-state index is 11.4. The van der Waals surface area contributed by atoms with Crippen molar-refractivity contribution < 1.29 is 9.53 Å². The molecule has 0 saturated heterocycles. The summed E-state index contributed by atoms with van der Waals surface area (Å²) in [6, 6.07) is 5.96. The van der Waals surface area contributed by atoms with Crippen LogP contribution in [0.2, 0.25) is 0 Å². The Kier molecular flexibility index (Phi) is 3.64. The molecular formula is C13H18N2O2. The van der Waals surface area contributed by atoms with E-state index in [0.29, 0.717) is 0 Å². The van der Waals surface area contributed by atoms with Crippen LogP contribution in [0.1, 0.15) is 18.9 Å². The van der Waals surface area contributed by atoms with Crippen LogP contribution in [-0.2, 0) is 11.2 Å². The van der Waals surface area contributed by atoms with Gasteiger partial charge < -0.3 is 15.4 Å². The summed E-state index contributed by atoms with van der Waals surface area (Å²) in [7, 11) is 1.95. The highest BCUT2D eigenvalue weighted by Crippen LogP contribution is 2.30. The number of fused-ring (bicyclic) bond motifs is 1. The molecule has 0 aliphatic carbocycles. The van der Waals surface area contributed by atoms with Crippen LogP contribution < -0.4 is 15.4 Å². The molecule has 0 radical (unpaired) electrons. The Morgan fingerprint density at radius 1 is 1.47 bits per heavy atom. The molecule has 4 nitrogen and oxygen atoms in total. The second-order valence-corrected chi connectivity index (χ2v) is 4.29. The second-order valence-electron chi connectivity index (χ2n) is 4.29. The van der Waals surface area contributed by atoms with Crippen molar-refractivity contribution in [2.24, 2.45) is 0 Å². The van der Waals surface area contributed by atoms with E-state index in [9.17, 15) is 4.79 Å². The first-order chi connectivity index (χ1) is 8.20. The van der Waals surface area contributed by atoms with Crippen molar-refractivity contribution in [2.75, 3.05) is 18.9 Å². The number of hydrogen-bond acceptors (Lipinski definition) is 3. The minimum absolute atomic E-state index is 0.0829. The van der Waals surface area contributed by atoms with Gasteiger partial charge in [-0.15, -0.1) is 0 Å². The second kappa shape index (κ2) is 5.19. The topological polar surface area (TPSA) is 50.4 Å². The molecule has 0 fully saturated rings. The van der Waals surface area contributed by atoms with Gasteiger partial charge >= 0.3 is 0 Å². The predicted molar refractivity (Wildman–Crippen MR) is 67.4 cm³/mol. The van der Waals surface area contributed by atoms with Crippen molar-refractivity contribution in [3.63, 3.8) is 0 Å². The van der Waals surface area contributed by atoms with Crippen molar-refractivity contribution in [2.45, 2.75) is 25.9 Å². The zero-order valence-electron chi connectivity index (χ0n) is 10.2. The average molecular weight is 234 g/mol. The third-order valence-corrected chi connectivity index (χ3v) is 2.87. The van der Waals surface area contributed by atoms with Gasteiger partial charge in [0.2, 0.25) is 0 Å². The molecule has 4 heteroatoms. The standard InChI is InChI=1S/C13H18N2O2/c1-9-13(16)15-11-6-5-10(4-3-7-14-2)8-12(11)17-9/h5-6,8-9,14H,3-4,7H2,1-2H3,(H,15,16). The summed E-state index contributed by atoms with van der Waals surface area (Å²) >= 11 is 0. The number of carbonyl (C=O) groups is 1. The molecule has 1 aromatic carbocycles. The first-order valence-electron chi connectivity index (χ1n) is 5.96. The van der Waals surface area contributed by atoms with Crippen molar-refractivity contribution in [3.8, 4) is 5.75 Å². The Morgan fingerprint density at radius 3 is 3.06 bits per heavy atom. The first kappa shape index (κ1) is 11.9. The van der Waals surface area contributed by atoms with Crippen LogP contribution in [0.5, 0.6) is 5.75 Å². The van der Waals surface area contributed by atoms with E-state index >= 15 is 0 Å². The van der Waals surface area contributed by atoms with E-state index in [1.165, 1.54) is 5.56 Å². The Bertz CT molecular complexity index is 418. The maximum Gasteiger partial charge on any atom is 0.265 e. The average Bonchev–Trinajstić information content (AvgIpc) is 2.31. The highest BCUT2D eigenvalue weighted by Gasteiger charge is 2.23. The van der Waals surface area contributed by atoms with Gasteiger partial charge in [-0.05, 0) is 51.1 Å². The summed E-state index contributed by atoms with van der Waals surface area (Å²) in [6.07, 6.45) is 1.70. The molecule has 1 aliphatic heterocycles. The lowest BCUT2D eigenvalue weighted by Gasteiger charge is -2.23. The zero-order chi connectivity index (χ0) is 12.3. The van der Waals surface area contributed by atoms with Crippen LogP contribution in [0.3, 0.4) is 0 Å². The van der Waals surface area contributed by atoms with Crippen molar-refractivity contribution >= 4 is 11.6 Å². The molecule has 1 aliphatic rings. The van der Waals surface area contributed by atoms with Crippen molar-refractivity contribution in [3.05, 3.63) is 23.8 Å². The monoisotopic (exact) mass is 234 g/mol. The van der Waals surface area contributed by atoms with Gasteiger partial charge in [0, 0.05) is 0 Å². The third kappa shape index (κ3) is 2.77. The minimum Gasteiger partial charge on any atom is -0.479 e. The molecule has 0 aromatic heterocycles. The summed E-state index contributed by atoms with van der Waals surface area (Å²) in [5.74, 6) is 0.694. The van der Waals surface area contributed by atoms with Gasteiger partial charge in [0.25, 0.3) is 5.91 Å². The molecule has 0 saturated carbocycles. The largest absolute Gasteiger partial charge is 0.479 e.